The molecule has 8 heteroatoms. The number of ether oxygens (including phenoxy) is 1. The summed E-state index contributed by atoms with van der Waals surface area (Å²) in [7, 11) is 7.19. The third-order valence-corrected chi connectivity index (χ3v) is 5.90. The summed E-state index contributed by atoms with van der Waals surface area (Å²) in [5.41, 5.74) is 0.780. The van der Waals surface area contributed by atoms with E-state index in [2.05, 4.69) is 0 Å². The molecule has 2 atom stereocenters. The van der Waals surface area contributed by atoms with Crippen LogP contribution >= 0.6 is 0 Å². The molecule has 0 bridgehead atoms. The number of amides is 2. The van der Waals surface area contributed by atoms with Crippen molar-refractivity contribution in [3.8, 4) is 0 Å². The molecule has 0 N–H and O–H groups in total. The van der Waals surface area contributed by atoms with Crippen molar-refractivity contribution in [1.82, 2.24) is 14.7 Å². The van der Waals surface area contributed by atoms with Gasteiger partial charge in [0.2, 0.25) is 11.8 Å². The summed E-state index contributed by atoms with van der Waals surface area (Å²) in [4.78, 5) is 52.6. The van der Waals surface area contributed by atoms with Crippen LogP contribution in [0, 0.1) is 11.8 Å². The molecule has 2 aliphatic carbocycles. The number of ketones is 2. The van der Waals surface area contributed by atoms with E-state index in [0.717, 1.165) is 37.7 Å². The van der Waals surface area contributed by atoms with Crippen molar-refractivity contribution < 1.29 is 23.9 Å². The van der Waals surface area contributed by atoms with Crippen LogP contribution in [-0.4, -0.2) is 92.6 Å². The number of morpholine rings is 1. The number of allylic oxidation sites excluding steroid dienone is 1. The van der Waals surface area contributed by atoms with Gasteiger partial charge in [-0.05, 0) is 32.1 Å². The van der Waals surface area contributed by atoms with E-state index in [9.17, 15) is 19.2 Å². The van der Waals surface area contributed by atoms with Crippen LogP contribution in [0.4, 0.5) is 0 Å². The summed E-state index contributed by atoms with van der Waals surface area (Å²) in [5, 5.41) is 0. The second-order valence-electron chi connectivity index (χ2n) is 8.86. The molecule has 0 aromatic heterocycles. The Kier molecular flexibility index (Phi) is 9.68. The number of Topliss-reactive ketones (excluding diaryl/α,β-unsaturated/α-hetero) is 2. The maximum absolute atomic E-state index is 12.4. The predicted molar refractivity (Wildman–Crippen MR) is 117 cm³/mol. The average molecular weight is 436 g/mol. The maximum Gasteiger partial charge on any atom is 0.233 e. The molecule has 174 valence electrons. The predicted octanol–water partition coefficient (Wildman–Crippen LogP) is 1.49. The number of rotatable bonds is 3. The van der Waals surface area contributed by atoms with E-state index >= 15 is 0 Å². The van der Waals surface area contributed by atoms with Crippen LogP contribution in [-0.2, 0) is 23.9 Å². The smallest absolute Gasteiger partial charge is 0.233 e. The molecular formula is C23H37N3O5. The number of hydrogen-bond donors (Lipinski definition) is 0. The van der Waals surface area contributed by atoms with Crippen LogP contribution in [0.15, 0.2) is 11.8 Å². The Morgan fingerprint density at radius 1 is 0.935 bits per heavy atom. The van der Waals surface area contributed by atoms with Crippen molar-refractivity contribution in [2.75, 3.05) is 54.5 Å². The second-order valence-corrected chi connectivity index (χ2v) is 8.86. The van der Waals surface area contributed by atoms with E-state index in [0.29, 0.717) is 39.1 Å². The highest BCUT2D eigenvalue weighted by Gasteiger charge is 2.35. The first-order valence-electron chi connectivity index (χ1n) is 11.2. The molecule has 8 nitrogen and oxygen atoms in total. The fourth-order valence-corrected chi connectivity index (χ4v) is 4.21. The van der Waals surface area contributed by atoms with Gasteiger partial charge in [0.15, 0.2) is 5.78 Å². The van der Waals surface area contributed by atoms with Gasteiger partial charge in [0.25, 0.3) is 0 Å². The molecule has 0 spiro atoms. The molecule has 3 rings (SSSR count). The van der Waals surface area contributed by atoms with Gasteiger partial charge < -0.3 is 19.4 Å². The lowest BCUT2D eigenvalue weighted by Crippen LogP contribution is -2.46. The monoisotopic (exact) mass is 435 g/mol. The molecule has 3 fully saturated rings. The highest BCUT2D eigenvalue weighted by atomic mass is 16.5. The van der Waals surface area contributed by atoms with Crippen LogP contribution in [0.2, 0.25) is 0 Å². The van der Waals surface area contributed by atoms with Crippen LogP contribution in [0.3, 0.4) is 0 Å². The zero-order valence-corrected chi connectivity index (χ0v) is 19.4. The lowest BCUT2D eigenvalue weighted by Gasteiger charge is -2.32. The van der Waals surface area contributed by atoms with Crippen molar-refractivity contribution in [2.45, 2.75) is 44.9 Å². The van der Waals surface area contributed by atoms with Crippen molar-refractivity contribution >= 4 is 23.4 Å². The Hall–Kier alpha value is -2.22. The van der Waals surface area contributed by atoms with Crippen LogP contribution < -0.4 is 0 Å². The van der Waals surface area contributed by atoms with Gasteiger partial charge in [-0.15, -0.1) is 0 Å². The summed E-state index contributed by atoms with van der Waals surface area (Å²) in [6.45, 7) is 2.37. The highest BCUT2D eigenvalue weighted by Crippen LogP contribution is 2.27. The Morgan fingerprint density at radius 3 is 2.16 bits per heavy atom. The number of nitrogens with zero attached hydrogens (tertiary/aromatic N) is 3. The van der Waals surface area contributed by atoms with Gasteiger partial charge >= 0.3 is 0 Å². The number of hydrogen-bond acceptors (Lipinski definition) is 6. The number of carbonyl (C=O) groups is 4. The second kappa shape index (κ2) is 12.0. The number of carbonyl (C=O) groups excluding carboxylic acids is 4. The standard InChI is InChI=1S/C14H22N2O3.C9H15NO2/c1-15(2)10-11-4-3-5-12(13(11)17)14(18)16-6-8-19-9-7-16;1-10(2)9(12)7-5-3-4-6-8(7)11/h10,12H,3-9H2,1-2H3;7H,3-6H2,1-2H3/b11-10-;. The first kappa shape index (κ1) is 25.0. The molecule has 1 heterocycles. The van der Waals surface area contributed by atoms with Gasteiger partial charge in [-0.25, -0.2) is 0 Å². The molecule has 31 heavy (non-hydrogen) atoms. The van der Waals surface area contributed by atoms with Crippen molar-refractivity contribution in [1.29, 1.82) is 0 Å². The summed E-state index contributed by atoms with van der Waals surface area (Å²) in [6.07, 6.45) is 7.52. The van der Waals surface area contributed by atoms with Crippen LogP contribution in [0.25, 0.3) is 0 Å². The zero-order chi connectivity index (χ0) is 23.0. The Balaban J connectivity index is 0.000000245. The zero-order valence-electron chi connectivity index (χ0n) is 19.4. The van der Waals surface area contributed by atoms with E-state index in [1.165, 1.54) is 4.90 Å². The van der Waals surface area contributed by atoms with Gasteiger partial charge in [0.1, 0.15) is 11.7 Å². The molecule has 1 aliphatic heterocycles. The molecule has 2 unspecified atom stereocenters. The van der Waals surface area contributed by atoms with E-state index in [1.807, 2.05) is 25.2 Å². The van der Waals surface area contributed by atoms with Gasteiger partial charge in [0, 0.05) is 59.5 Å². The molecule has 0 radical (unpaired) electrons. The SMILES string of the molecule is CN(C)/C=C1/CCCC(C(=O)N2CCOCC2)C1=O.CN(C)C(=O)C1CCCCC1=O. The normalized spacial score (nSPS) is 25.5. The van der Waals surface area contributed by atoms with Crippen molar-refractivity contribution in [3.63, 3.8) is 0 Å². The van der Waals surface area contributed by atoms with Crippen molar-refractivity contribution in [2.24, 2.45) is 11.8 Å². The lowest BCUT2D eigenvalue weighted by atomic mass is 9.83. The van der Waals surface area contributed by atoms with E-state index in [1.54, 1.807) is 19.0 Å². The largest absolute Gasteiger partial charge is 0.383 e. The fraction of sp³-hybridized carbons (Fsp3) is 0.739. The molecule has 3 aliphatic rings. The summed E-state index contributed by atoms with van der Waals surface area (Å²) in [6, 6.07) is 0. The van der Waals surface area contributed by atoms with E-state index in [4.69, 9.17) is 4.74 Å². The Morgan fingerprint density at radius 2 is 1.58 bits per heavy atom. The topological polar surface area (TPSA) is 87.2 Å². The van der Waals surface area contributed by atoms with Crippen LogP contribution in [0.1, 0.15) is 44.9 Å². The highest BCUT2D eigenvalue weighted by molar-refractivity contribution is 6.10. The minimum atomic E-state index is -0.474. The average Bonchev–Trinajstić information content (AvgIpc) is 2.75. The van der Waals surface area contributed by atoms with Crippen LogP contribution in [0.5, 0.6) is 0 Å². The molecule has 1 saturated heterocycles. The minimum absolute atomic E-state index is 0.0106. The van der Waals surface area contributed by atoms with E-state index in [-0.39, 0.29) is 29.3 Å². The third-order valence-electron chi connectivity index (χ3n) is 5.90. The molecular weight excluding hydrogens is 398 g/mol. The summed E-state index contributed by atoms with van der Waals surface area (Å²) < 4.78 is 5.24. The summed E-state index contributed by atoms with van der Waals surface area (Å²) in [5.74, 6) is -0.722. The van der Waals surface area contributed by atoms with Gasteiger partial charge in [0.05, 0.1) is 19.1 Å². The summed E-state index contributed by atoms with van der Waals surface area (Å²) >= 11 is 0. The third kappa shape index (κ3) is 7.16. The maximum atomic E-state index is 12.4. The van der Waals surface area contributed by atoms with Gasteiger partial charge in [-0.3, -0.25) is 19.2 Å². The molecule has 2 saturated carbocycles. The Bertz CT molecular complexity index is 695. The molecule has 0 aromatic rings. The first-order chi connectivity index (χ1) is 14.7. The quantitative estimate of drug-likeness (QED) is 0.493. The van der Waals surface area contributed by atoms with Gasteiger partial charge in [-0.1, -0.05) is 6.42 Å². The fourth-order valence-electron chi connectivity index (χ4n) is 4.21. The molecule has 2 amide bonds. The Labute approximate surface area is 185 Å². The first-order valence-corrected chi connectivity index (χ1v) is 11.2. The van der Waals surface area contributed by atoms with E-state index < -0.39 is 5.92 Å². The van der Waals surface area contributed by atoms with Gasteiger partial charge in [-0.2, -0.15) is 0 Å². The lowest BCUT2D eigenvalue weighted by molar-refractivity contribution is -0.144. The van der Waals surface area contributed by atoms with Crippen molar-refractivity contribution in [3.05, 3.63) is 11.8 Å². The minimum Gasteiger partial charge on any atom is -0.383 e. The molecule has 0 aromatic carbocycles.